The molecular formula is C23H24N2O3S. The number of aryl methyl sites for hydroxylation is 2. The first-order chi connectivity index (χ1) is 13.8. The highest BCUT2D eigenvalue weighted by Gasteiger charge is 2.18. The molecule has 29 heavy (non-hydrogen) atoms. The van der Waals surface area contributed by atoms with E-state index in [0.29, 0.717) is 17.8 Å². The van der Waals surface area contributed by atoms with Gasteiger partial charge in [0.15, 0.2) is 0 Å². The van der Waals surface area contributed by atoms with Gasteiger partial charge in [-0.05, 0) is 60.9 Å². The number of rotatable bonds is 6. The Morgan fingerprint density at radius 2 is 1.66 bits per heavy atom. The minimum absolute atomic E-state index is 0.0501. The molecule has 3 rings (SSSR count). The summed E-state index contributed by atoms with van der Waals surface area (Å²) in [7, 11) is -2.09. The summed E-state index contributed by atoms with van der Waals surface area (Å²) in [6, 6.07) is 21.1. The second-order valence-corrected chi connectivity index (χ2v) is 8.77. The zero-order chi connectivity index (χ0) is 21.0. The molecule has 6 heteroatoms. The molecule has 3 aromatic carbocycles. The van der Waals surface area contributed by atoms with Crippen LogP contribution in [0.1, 0.15) is 27.0 Å². The molecule has 150 valence electrons. The fourth-order valence-corrected chi connectivity index (χ4v) is 4.15. The molecule has 0 bridgehead atoms. The number of benzene rings is 3. The lowest BCUT2D eigenvalue weighted by atomic mass is 10.1. The van der Waals surface area contributed by atoms with Gasteiger partial charge in [0.25, 0.3) is 15.9 Å². The SMILES string of the molecule is Cc1cccc(NS(=O)(=O)c2cccc(C(=O)N(C)Cc3ccccc3C)c2)c1. The van der Waals surface area contributed by atoms with Gasteiger partial charge in [-0.25, -0.2) is 8.42 Å². The van der Waals surface area contributed by atoms with Crippen LogP contribution in [0, 0.1) is 13.8 Å². The molecule has 0 aliphatic heterocycles. The van der Waals surface area contributed by atoms with Crippen molar-refractivity contribution in [3.8, 4) is 0 Å². The third kappa shape index (κ3) is 5.03. The van der Waals surface area contributed by atoms with Crippen LogP contribution in [0.4, 0.5) is 5.69 Å². The van der Waals surface area contributed by atoms with Crippen molar-refractivity contribution in [1.29, 1.82) is 0 Å². The topological polar surface area (TPSA) is 66.5 Å². The van der Waals surface area contributed by atoms with Crippen LogP contribution < -0.4 is 4.72 Å². The summed E-state index contributed by atoms with van der Waals surface area (Å²) in [5.41, 5.74) is 3.91. The standard InChI is InChI=1S/C23H24N2O3S/c1-17-8-6-12-21(14-17)24-29(27,28)22-13-7-11-19(15-22)23(26)25(3)16-20-10-5-4-9-18(20)2/h4-15,24H,16H2,1-3H3. The monoisotopic (exact) mass is 408 g/mol. The fourth-order valence-electron chi connectivity index (χ4n) is 3.05. The Morgan fingerprint density at radius 1 is 0.931 bits per heavy atom. The zero-order valence-corrected chi connectivity index (χ0v) is 17.5. The first-order valence-electron chi connectivity index (χ1n) is 9.26. The molecule has 0 aromatic heterocycles. The highest BCUT2D eigenvalue weighted by Crippen LogP contribution is 2.19. The second-order valence-electron chi connectivity index (χ2n) is 7.09. The second kappa shape index (κ2) is 8.49. The van der Waals surface area contributed by atoms with Gasteiger partial charge >= 0.3 is 0 Å². The maximum Gasteiger partial charge on any atom is 0.261 e. The number of hydrogen-bond donors (Lipinski definition) is 1. The summed E-state index contributed by atoms with van der Waals surface area (Å²) in [4.78, 5) is 14.5. The normalized spacial score (nSPS) is 11.1. The summed E-state index contributed by atoms with van der Waals surface area (Å²) in [5, 5.41) is 0. The molecule has 0 fully saturated rings. The van der Waals surface area contributed by atoms with E-state index in [0.717, 1.165) is 16.7 Å². The van der Waals surface area contributed by atoms with Gasteiger partial charge in [-0.2, -0.15) is 0 Å². The molecule has 1 amide bonds. The van der Waals surface area contributed by atoms with Gasteiger partial charge in [0.1, 0.15) is 0 Å². The number of amides is 1. The smallest absolute Gasteiger partial charge is 0.261 e. The van der Waals surface area contributed by atoms with Crippen LogP contribution in [-0.4, -0.2) is 26.3 Å². The molecule has 0 heterocycles. The van der Waals surface area contributed by atoms with Crippen LogP contribution in [0.3, 0.4) is 0 Å². The van der Waals surface area contributed by atoms with Gasteiger partial charge in [-0.15, -0.1) is 0 Å². The predicted octanol–water partition coefficient (Wildman–Crippen LogP) is 4.38. The van der Waals surface area contributed by atoms with Crippen molar-refractivity contribution in [3.05, 3.63) is 95.1 Å². The van der Waals surface area contributed by atoms with Gasteiger partial charge in [-0.3, -0.25) is 9.52 Å². The van der Waals surface area contributed by atoms with Crippen LogP contribution in [0.25, 0.3) is 0 Å². The van der Waals surface area contributed by atoms with E-state index < -0.39 is 10.0 Å². The Labute approximate surface area is 172 Å². The number of nitrogens with one attached hydrogen (secondary N) is 1. The number of hydrogen-bond acceptors (Lipinski definition) is 3. The molecule has 0 radical (unpaired) electrons. The van der Waals surface area contributed by atoms with Gasteiger partial charge in [0.05, 0.1) is 4.90 Å². The van der Waals surface area contributed by atoms with E-state index in [1.807, 2.05) is 44.2 Å². The third-order valence-electron chi connectivity index (χ3n) is 4.68. The quantitative estimate of drug-likeness (QED) is 0.658. The summed E-state index contributed by atoms with van der Waals surface area (Å²) in [5.74, 6) is -0.235. The van der Waals surface area contributed by atoms with Crippen LogP contribution in [0.5, 0.6) is 0 Å². The Hall–Kier alpha value is -3.12. The van der Waals surface area contributed by atoms with Crippen molar-refractivity contribution in [2.24, 2.45) is 0 Å². The Bertz CT molecular complexity index is 1140. The van der Waals surface area contributed by atoms with E-state index in [9.17, 15) is 13.2 Å². The Morgan fingerprint density at radius 3 is 2.38 bits per heavy atom. The minimum atomic E-state index is -3.80. The predicted molar refractivity (Wildman–Crippen MR) is 115 cm³/mol. The number of anilines is 1. The molecular weight excluding hydrogens is 384 g/mol. The molecule has 0 aliphatic carbocycles. The van der Waals surface area contributed by atoms with Crippen molar-refractivity contribution in [2.75, 3.05) is 11.8 Å². The Kier molecular flexibility index (Phi) is 6.03. The summed E-state index contributed by atoms with van der Waals surface area (Å²) < 4.78 is 28.1. The molecule has 0 unspecified atom stereocenters. The van der Waals surface area contributed by atoms with E-state index in [1.54, 1.807) is 42.3 Å². The molecule has 1 N–H and O–H groups in total. The van der Waals surface area contributed by atoms with Gasteiger partial charge in [-0.1, -0.05) is 42.5 Å². The zero-order valence-electron chi connectivity index (χ0n) is 16.7. The first-order valence-corrected chi connectivity index (χ1v) is 10.7. The molecule has 0 saturated heterocycles. The van der Waals surface area contributed by atoms with Crippen molar-refractivity contribution in [3.63, 3.8) is 0 Å². The minimum Gasteiger partial charge on any atom is -0.337 e. The molecule has 3 aromatic rings. The molecule has 0 spiro atoms. The van der Waals surface area contributed by atoms with Gasteiger partial charge in [0.2, 0.25) is 0 Å². The van der Waals surface area contributed by atoms with Crippen molar-refractivity contribution in [2.45, 2.75) is 25.3 Å². The summed E-state index contributed by atoms with van der Waals surface area (Å²) >= 11 is 0. The van der Waals surface area contributed by atoms with E-state index in [2.05, 4.69) is 4.72 Å². The summed E-state index contributed by atoms with van der Waals surface area (Å²) in [6.45, 7) is 4.34. The molecule has 0 saturated carbocycles. The molecule has 5 nitrogen and oxygen atoms in total. The Balaban J connectivity index is 1.81. The highest BCUT2D eigenvalue weighted by atomic mass is 32.2. The first kappa shape index (κ1) is 20.6. The van der Waals surface area contributed by atoms with Crippen LogP contribution >= 0.6 is 0 Å². The average Bonchev–Trinajstić information content (AvgIpc) is 2.69. The lowest BCUT2D eigenvalue weighted by molar-refractivity contribution is 0.0784. The van der Waals surface area contributed by atoms with Crippen molar-refractivity contribution in [1.82, 2.24) is 4.90 Å². The van der Waals surface area contributed by atoms with E-state index >= 15 is 0 Å². The van der Waals surface area contributed by atoms with E-state index in [1.165, 1.54) is 12.1 Å². The molecule has 0 aliphatic rings. The maximum absolute atomic E-state index is 12.9. The summed E-state index contributed by atoms with van der Waals surface area (Å²) in [6.07, 6.45) is 0. The van der Waals surface area contributed by atoms with Crippen LogP contribution in [0.15, 0.2) is 77.7 Å². The largest absolute Gasteiger partial charge is 0.337 e. The highest BCUT2D eigenvalue weighted by molar-refractivity contribution is 7.92. The van der Waals surface area contributed by atoms with E-state index in [4.69, 9.17) is 0 Å². The van der Waals surface area contributed by atoms with E-state index in [-0.39, 0.29) is 10.8 Å². The van der Waals surface area contributed by atoms with Gasteiger partial charge < -0.3 is 4.90 Å². The van der Waals surface area contributed by atoms with Crippen molar-refractivity contribution >= 4 is 21.6 Å². The van der Waals surface area contributed by atoms with Gasteiger partial charge in [0, 0.05) is 24.8 Å². The number of nitrogens with zero attached hydrogens (tertiary/aromatic N) is 1. The van der Waals surface area contributed by atoms with Crippen LogP contribution in [0.2, 0.25) is 0 Å². The van der Waals surface area contributed by atoms with Crippen molar-refractivity contribution < 1.29 is 13.2 Å². The lowest BCUT2D eigenvalue weighted by Crippen LogP contribution is -2.26. The third-order valence-corrected chi connectivity index (χ3v) is 6.06. The van der Waals surface area contributed by atoms with Crippen LogP contribution in [-0.2, 0) is 16.6 Å². The average molecular weight is 409 g/mol. The number of carbonyl (C=O) groups excluding carboxylic acids is 1. The lowest BCUT2D eigenvalue weighted by Gasteiger charge is -2.19. The maximum atomic E-state index is 12.9. The number of carbonyl (C=O) groups is 1. The molecule has 0 atom stereocenters. The fraction of sp³-hybridized carbons (Fsp3) is 0.174. The number of sulfonamides is 1.